The van der Waals surface area contributed by atoms with Gasteiger partial charge >= 0.3 is 0 Å². The van der Waals surface area contributed by atoms with Gasteiger partial charge in [0, 0.05) is 12.7 Å². The minimum atomic E-state index is 0.0950. The zero-order chi connectivity index (χ0) is 13.7. The van der Waals surface area contributed by atoms with Crippen molar-refractivity contribution in [2.75, 3.05) is 7.11 Å². The summed E-state index contributed by atoms with van der Waals surface area (Å²) < 4.78 is 11.4. The van der Waals surface area contributed by atoms with Crippen molar-refractivity contribution < 1.29 is 9.47 Å². The molecular formula is C15H22N2O2. The predicted molar refractivity (Wildman–Crippen MR) is 75.3 cm³/mol. The molecule has 4 nitrogen and oxygen atoms in total. The highest BCUT2D eigenvalue weighted by Crippen LogP contribution is 2.24. The van der Waals surface area contributed by atoms with Gasteiger partial charge in [0.1, 0.15) is 5.84 Å². The van der Waals surface area contributed by atoms with Crippen LogP contribution in [-0.4, -0.2) is 25.2 Å². The summed E-state index contributed by atoms with van der Waals surface area (Å²) in [6, 6.07) is 7.67. The molecular weight excluding hydrogens is 240 g/mol. The van der Waals surface area contributed by atoms with Gasteiger partial charge in [-0.05, 0) is 31.2 Å². The second-order valence-electron chi connectivity index (χ2n) is 5.03. The van der Waals surface area contributed by atoms with Crippen LogP contribution in [0.4, 0.5) is 0 Å². The molecule has 1 aliphatic carbocycles. The number of methoxy groups -OCH3 is 1. The lowest BCUT2D eigenvalue weighted by Crippen LogP contribution is -2.27. The van der Waals surface area contributed by atoms with Crippen molar-refractivity contribution in [1.29, 1.82) is 5.41 Å². The molecule has 1 saturated carbocycles. The lowest BCUT2D eigenvalue weighted by atomic mass is 9.95. The summed E-state index contributed by atoms with van der Waals surface area (Å²) >= 11 is 0. The van der Waals surface area contributed by atoms with E-state index in [9.17, 15) is 0 Å². The smallest absolute Gasteiger partial charge is 0.123 e. The van der Waals surface area contributed by atoms with Crippen LogP contribution in [0.15, 0.2) is 24.3 Å². The lowest BCUT2D eigenvalue weighted by molar-refractivity contribution is -0.0363. The fourth-order valence-corrected chi connectivity index (χ4v) is 2.58. The van der Waals surface area contributed by atoms with Crippen molar-refractivity contribution in [3.8, 4) is 0 Å². The molecule has 0 aliphatic heterocycles. The van der Waals surface area contributed by atoms with Gasteiger partial charge in [-0.15, -0.1) is 0 Å². The maximum atomic E-state index is 7.56. The molecule has 0 spiro atoms. The fourth-order valence-electron chi connectivity index (χ4n) is 2.58. The van der Waals surface area contributed by atoms with Crippen molar-refractivity contribution in [2.45, 2.75) is 44.5 Å². The van der Waals surface area contributed by atoms with Gasteiger partial charge < -0.3 is 15.2 Å². The van der Waals surface area contributed by atoms with Crippen LogP contribution in [0.2, 0.25) is 0 Å². The number of nitrogens with two attached hydrogens (primary N) is 1. The van der Waals surface area contributed by atoms with Crippen LogP contribution in [0.5, 0.6) is 0 Å². The van der Waals surface area contributed by atoms with Gasteiger partial charge in [0.2, 0.25) is 0 Å². The molecule has 0 heterocycles. The van der Waals surface area contributed by atoms with Gasteiger partial charge in [-0.2, -0.15) is 0 Å². The maximum absolute atomic E-state index is 7.56. The minimum absolute atomic E-state index is 0.0950. The molecule has 0 amide bonds. The molecule has 19 heavy (non-hydrogen) atoms. The molecule has 0 saturated heterocycles. The molecule has 2 atom stereocenters. The van der Waals surface area contributed by atoms with Crippen molar-refractivity contribution in [3.63, 3.8) is 0 Å². The Morgan fingerprint density at radius 3 is 2.79 bits per heavy atom. The number of ether oxygens (including phenoxy) is 2. The van der Waals surface area contributed by atoms with E-state index >= 15 is 0 Å². The quantitative estimate of drug-likeness (QED) is 0.632. The minimum Gasteiger partial charge on any atom is -0.384 e. The molecule has 1 aromatic rings. The van der Waals surface area contributed by atoms with Crippen LogP contribution in [0.1, 0.15) is 36.8 Å². The first-order chi connectivity index (χ1) is 9.20. The Morgan fingerprint density at radius 2 is 2.05 bits per heavy atom. The Hall–Kier alpha value is -1.39. The first-order valence-electron chi connectivity index (χ1n) is 6.77. The summed E-state index contributed by atoms with van der Waals surface area (Å²) in [6.45, 7) is 0.511. The Bertz CT molecular complexity index is 434. The molecule has 2 rings (SSSR count). The van der Waals surface area contributed by atoms with E-state index in [0.717, 1.165) is 36.8 Å². The van der Waals surface area contributed by atoms with Gasteiger partial charge in [0.25, 0.3) is 0 Å². The summed E-state index contributed by atoms with van der Waals surface area (Å²) in [5, 5.41) is 7.56. The highest BCUT2D eigenvalue weighted by atomic mass is 16.5. The second-order valence-corrected chi connectivity index (χ2v) is 5.03. The van der Waals surface area contributed by atoms with E-state index in [4.69, 9.17) is 20.6 Å². The number of rotatable bonds is 5. The van der Waals surface area contributed by atoms with Crippen LogP contribution in [-0.2, 0) is 16.1 Å². The van der Waals surface area contributed by atoms with E-state index < -0.39 is 0 Å². The van der Waals surface area contributed by atoms with Crippen LogP contribution in [0.25, 0.3) is 0 Å². The topological polar surface area (TPSA) is 68.3 Å². The summed E-state index contributed by atoms with van der Waals surface area (Å²) in [5.41, 5.74) is 7.32. The third-order valence-electron chi connectivity index (χ3n) is 3.69. The van der Waals surface area contributed by atoms with Gasteiger partial charge in [-0.3, -0.25) is 5.41 Å². The molecule has 0 radical (unpaired) electrons. The van der Waals surface area contributed by atoms with Gasteiger partial charge in [0.05, 0.1) is 18.8 Å². The first-order valence-corrected chi connectivity index (χ1v) is 6.77. The van der Waals surface area contributed by atoms with Crippen molar-refractivity contribution in [1.82, 2.24) is 0 Å². The van der Waals surface area contributed by atoms with Crippen molar-refractivity contribution in [3.05, 3.63) is 35.4 Å². The van der Waals surface area contributed by atoms with Gasteiger partial charge in [0.15, 0.2) is 0 Å². The summed E-state index contributed by atoms with van der Waals surface area (Å²) in [5.74, 6) is 0.0950. The van der Waals surface area contributed by atoms with Gasteiger partial charge in [-0.25, -0.2) is 0 Å². The first kappa shape index (κ1) is 14.0. The maximum Gasteiger partial charge on any atom is 0.123 e. The number of nitrogen functional groups attached to an aromatic ring is 1. The molecule has 104 valence electrons. The molecule has 1 aliphatic rings. The number of nitrogens with one attached hydrogen (secondary N) is 1. The summed E-state index contributed by atoms with van der Waals surface area (Å²) in [4.78, 5) is 0. The van der Waals surface area contributed by atoms with E-state index in [2.05, 4.69) is 0 Å². The highest BCUT2D eigenvalue weighted by Gasteiger charge is 2.22. The van der Waals surface area contributed by atoms with Crippen LogP contribution in [0, 0.1) is 5.41 Å². The lowest BCUT2D eigenvalue weighted by Gasteiger charge is -2.28. The number of benzene rings is 1. The Kier molecular flexibility index (Phi) is 4.93. The number of amidine groups is 1. The third kappa shape index (κ3) is 3.78. The van der Waals surface area contributed by atoms with E-state index in [1.807, 2.05) is 24.3 Å². The molecule has 2 unspecified atom stereocenters. The normalized spacial score (nSPS) is 23.2. The number of hydrogen-bond donors (Lipinski definition) is 2. The molecule has 1 fully saturated rings. The molecule has 3 N–H and O–H groups in total. The van der Waals surface area contributed by atoms with Crippen molar-refractivity contribution >= 4 is 5.84 Å². The average Bonchev–Trinajstić information content (AvgIpc) is 2.45. The van der Waals surface area contributed by atoms with E-state index in [-0.39, 0.29) is 11.9 Å². The monoisotopic (exact) mass is 262 g/mol. The van der Waals surface area contributed by atoms with Crippen LogP contribution in [0.3, 0.4) is 0 Å². The Labute approximate surface area is 114 Å². The summed E-state index contributed by atoms with van der Waals surface area (Å²) in [7, 11) is 1.76. The molecule has 1 aromatic carbocycles. The number of hydrogen-bond acceptors (Lipinski definition) is 3. The summed E-state index contributed by atoms with van der Waals surface area (Å²) in [6.07, 6.45) is 4.89. The largest absolute Gasteiger partial charge is 0.384 e. The Balaban J connectivity index is 1.93. The predicted octanol–water partition coefficient (Wildman–Crippen LogP) is 2.44. The van der Waals surface area contributed by atoms with E-state index in [0.29, 0.717) is 12.7 Å². The molecule has 0 aromatic heterocycles. The average molecular weight is 262 g/mol. The Morgan fingerprint density at radius 1 is 1.32 bits per heavy atom. The van der Waals surface area contributed by atoms with Gasteiger partial charge in [-0.1, -0.05) is 24.3 Å². The SMILES string of the molecule is COC1CCCC(OCc2ccccc2C(=N)N)C1. The van der Waals surface area contributed by atoms with Crippen molar-refractivity contribution in [2.24, 2.45) is 5.73 Å². The van der Waals surface area contributed by atoms with E-state index in [1.165, 1.54) is 0 Å². The molecule has 0 bridgehead atoms. The van der Waals surface area contributed by atoms with E-state index in [1.54, 1.807) is 7.11 Å². The standard InChI is InChI=1S/C15H22N2O2/c1-18-12-6-4-7-13(9-12)19-10-11-5-2-3-8-14(11)15(16)17/h2-3,5,8,12-13H,4,6-7,9-10H2,1H3,(H3,16,17). The molecule has 4 heteroatoms. The van der Waals surface area contributed by atoms with Crippen LogP contribution < -0.4 is 5.73 Å². The highest BCUT2D eigenvalue weighted by molar-refractivity contribution is 5.96. The zero-order valence-corrected chi connectivity index (χ0v) is 11.4. The third-order valence-corrected chi connectivity index (χ3v) is 3.69. The zero-order valence-electron chi connectivity index (χ0n) is 11.4. The van der Waals surface area contributed by atoms with Crippen LogP contribution >= 0.6 is 0 Å². The second kappa shape index (κ2) is 6.68. The fraction of sp³-hybridized carbons (Fsp3) is 0.533.